The Labute approximate surface area is 155 Å². The van der Waals surface area contributed by atoms with Gasteiger partial charge in [0, 0.05) is 24.5 Å². The number of pyridine rings is 1. The number of furan rings is 1. The van der Waals surface area contributed by atoms with Gasteiger partial charge in [-0.2, -0.15) is 0 Å². The van der Waals surface area contributed by atoms with E-state index >= 15 is 0 Å². The van der Waals surface area contributed by atoms with Gasteiger partial charge < -0.3 is 13.7 Å². The van der Waals surface area contributed by atoms with Gasteiger partial charge in [-0.05, 0) is 48.7 Å². The van der Waals surface area contributed by atoms with Gasteiger partial charge in [0.1, 0.15) is 11.6 Å². The molecule has 5 rings (SSSR count). The molecule has 1 aliphatic heterocycles. The largest absolute Gasteiger partial charge is 0.459 e. The van der Waals surface area contributed by atoms with Crippen molar-refractivity contribution >= 4 is 17.0 Å². The quantitative estimate of drug-likeness (QED) is 0.540. The van der Waals surface area contributed by atoms with Crippen molar-refractivity contribution in [3.05, 3.63) is 72.8 Å². The summed E-state index contributed by atoms with van der Waals surface area (Å²) < 4.78 is 11.3. The molecule has 1 atom stereocenters. The van der Waals surface area contributed by atoms with Crippen molar-refractivity contribution in [2.45, 2.75) is 18.9 Å². The maximum atomic E-state index is 12.7. The summed E-state index contributed by atoms with van der Waals surface area (Å²) in [6.45, 7) is 0.670. The predicted molar refractivity (Wildman–Crippen MR) is 99.0 cm³/mol. The molecule has 1 amide bonds. The van der Waals surface area contributed by atoms with Crippen LogP contribution in [0.4, 0.5) is 0 Å². The number of oxazole rings is 1. The fraction of sp³-hybridized carbons (Fsp3) is 0.190. The van der Waals surface area contributed by atoms with E-state index in [0.29, 0.717) is 18.2 Å². The summed E-state index contributed by atoms with van der Waals surface area (Å²) in [5.41, 5.74) is 3.56. The number of hydrogen-bond donors (Lipinski definition) is 0. The Morgan fingerprint density at radius 2 is 2.11 bits per heavy atom. The highest BCUT2D eigenvalue weighted by atomic mass is 16.4. The van der Waals surface area contributed by atoms with Gasteiger partial charge >= 0.3 is 0 Å². The van der Waals surface area contributed by atoms with Crippen molar-refractivity contribution in [2.75, 3.05) is 6.54 Å². The Morgan fingerprint density at radius 1 is 1.15 bits per heavy atom. The predicted octanol–water partition coefficient (Wildman–Crippen LogP) is 4.46. The number of aromatic nitrogens is 2. The average Bonchev–Trinajstić information content (AvgIpc) is 3.47. The molecule has 1 aromatic carbocycles. The zero-order valence-electron chi connectivity index (χ0n) is 14.5. The van der Waals surface area contributed by atoms with Crippen LogP contribution in [0.1, 0.15) is 35.3 Å². The van der Waals surface area contributed by atoms with E-state index in [9.17, 15) is 4.79 Å². The summed E-state index contributed by atoms with van der Waals surface area (Å²) in [7, 11) is 0. The highest BCUT2D eigenvalue weighted by molar-refractivity contribution is 5.92. The first kappa shape index (κ1) is 15.8. The Morgan fingerprint density at radius 3 is 2.93 bits per heavy atom. The van der Waals surface area contributed by atoms with Gasteiger partial charge in [-0.1, -0.05) is 12.1 Å². The van der Waals surface area contributed by atoms with Crippen LogP contribution in [0, 0.1) is 0 Å². The maximum Gasteiger partial charge on any atom is 0.290 e. The van der Waals surface area contributed by atoms with Crippen LogP contribution >= 0.6 is 0 Å². The Hall–Kier alpha value is -3.41. The summed E-state index contributed by atoms with van der Waals surface area (Å²) in [4.78, 5) is 23.3. The fourth-order valence-corrected chi connectivity index (χ4v) is 3.61. The lowest BCUT2D eigenvalue weighted by atomic mass is 10.1. The van der Waals surface area contributed by atoms with Crippen molar-refractivity contribution in [2.24, 2.45) is 0 Å². The second-order valence-electron chi connectivity index (χ2n) is 6.61. The van der Waals surface area contributed by atoms with Gasteiger partial charge in [-0.15, -0.1) is 0 Å². The van der Waals surface area contributed by atoms with Crippen LogP contribution in [-0.2, 0) is 0 Å². The number of likely N-dealkylation sites (tertiary alicyclic amines) is 1. The van der Waals surface area contributed by atoms with Crippen molar-refractivity contribution in [1.29, 1.82) is 0 Å². The third kappa shape index (κ3) is 2.79. The molecule has 0 N–H and O–H groups in total. The summed E-state index contributed by atoms with van der Waals surface area (Å²) in [6, 6.07) is 13.1. The van der Waals surface area contributed by atoms with E-state index in [2.05, 4.69) is 9.97 Å². The minimum Gasteiger partial charge on any atom is -0.459 e. The molecule has 6 heteroatoms. The van der Waals surface area contributed by atoms with Crippen molar-refractivity contribution in [3.63, 3.8) is 0 Å². The molecular formula is C21H17N3O3. The molecule has 1 saturated heterocycles. The van der Waals surface area contributed by atoms with E-state index < -0.39 is 0 Å². The first-order valence-corrected chi connectivity index (χ1v) is 8.95. The van der Waals surface area contributed by atoms with Crippen LogP contribution in [0.3, 0.4) is 0 Å². The summed E-state index contributed by atoms with van der Waals surface area (Å²) in [6.07, 6.45) is 6.83. The van der Waals surface area contributed by atoms with E-state index in [-0.39, 0.29) is 11.9 Å². The number of amides is 1. The van der Waals surface area contributed by atoms with Crippen molar-refractivity contribution in [3.8, 4) is 11.1 Å². The zero-order chi connectivity index (χ0) is 18.2. The lowest BCUT2D eigenvalue weighted by molar-refractivity contribution is 0.0684. The van der Waals surface area contributed by atoms with Gasteiger partial charge in [0.05, 0.1) is 6.26 Å². The molecule has 0 unspecified atom stereocenters. The minimum atomic E-state index is -0.170. The molecule has 0 radical (unpaired) electrons. The van der Waals surface area contributed by atoms with E-state index in [1.165, 1.54) is 6.26 Å². The van der Waals surface area contributed by atoms with Crippen LogP contribution in [0.15, 0.2) is 70.0 Å². The van der Waals surface area contributed by atoms with Gasteiger partial charge in [0.25, 0.3) is 5.91 Å². The average molecular weight is 359 g/mol. The van der Waals surface area contributed by atoms with Gasteiger partial charge in [-0.3, -0.25) is 9.78 Å². The third-order valence-corrected chi connectivity index (χ3v) is 4.93. The van der Waals surface area contributed by atoms with E-state index in [1.54, 1.807) is 23.2 Å². The number of carbonyl (C=O) groups is 1. The molecule has 0 spiro atoms. The van der Waals surface area contributed by atoms with Gasteiger partial charge in [0.2, 0.25) is 5.89 Å². The smallest absolute Gasteiger partial charge is 0.290 e. The monoisotopic (exact) mass is 359 g/mol. The standard InChI is InChI=1S/C21H17N3O3/c25-21(19-6-3-11-26-19)24-10-2-5-17(24)20-23-16-12-14(7-8-18(16)27-20)15-4-1-9-22-13-15/h1,3-4,6-9,11-13,17H,2,5,10H2/t17-/m1/s1. The van der Waals surface area contributed by atoms with Crippen molar-refractivity contribution in [1.82, 2.24) is 14.9 Å². The van der Waals surface area contributed by atoms with Crippen LogP contribution in [0.25, 0.3) is 22.2 Å². The van der Waals surface area contributed by atoms with Gasteiger partial charge in [0.15, 0.2) is 11.3 Å². The Kier molecular flexibility index (Phi) is 3.74. The number of rotatable bonds is 3. The maximum absolute atomic E-state index is 12.7. The normalized spacial score (nSPS) is 16.9. The SMILES string of the molecule is O=C(c1ccco1)N1CCC[C@@H]1c1nc2cc(-c3cccnc3)ccc2o1. The van der Waals surface area contributed by atoms with E-state index in [1.807, 2.05) is 36.5 Å². The summed E-state index contributed by atoms with van der Waals surface area (Å²) in [5.74, 6) is 0.795. The van der Waals surface area contributed by atoms with Gasteiger partial charge in [-0.25, -0.2) is 4.98 Å². The molecule has 6 nitrogen and oxygen atoms in total. The number of nitrogens with zero attached hydrogens (tertiary/aromatic N) is 3. The number of benzene rings is 1. The molecule has 1 aliphatic rings. The highest BCUT2D eigenvalue weighted by Crippen LogP contribution is 2.35. The first-order valence-electron chi connectivity index (χ1n) is 8.95. The molecule has 1 fully saturated rings. The molecule has 134 valence electrons. The third-order valence-electron chi connectivity index (χ3n) is 4.93. The van der Waals surface area contributed by atoms with Crippen LogP contribution in [-0.4, -0.2) is 27.3 Å². The van der Waals surface area contributed by atoms with E-state index in [4.69, 9.17) is 8.83 Å². The molecule has 4 heterocycles. The zero-order valence-corrected chi connectivity index (χ0v) is 14.5. The van der Waals surface area contributed by atoms with E-state index in [0.717, 1.165) is 35.1 Å². The highest BCUT2D eigenvalue weighted by Gasteiger charge is 2.35. The second kappa shape index (κ2) is 6.39. The van der Waals surface area contributed by atoms with Crippen LogP contribution in [0.2, 0.25) is 0 Å². The molecular weight excluding hydrogens is 342 g/mol. The lowest BCUT2D eigenvalue weighted by Crippen LogP contribution is -2.30. The summed E-state index contributed by atoms with van der Waals surface area (Å²) >= 11 is 0. The molecule has 3 aromatic heterocycles. The molecule has 0 aliphatic carbocycles. The Bertz CT molecular complexity index is 1090. The van der Waals surface area contributed by atoms with Crippen LogP contribution in [0.5, 0.6) is 0 Å². The second-order valence-corrected chi connectivity index (χ2v) is 6.61. The van der Waals surface area contributed by atoms with Crippen molar-refractivity contribution < 1.29 is 13.6 Å². The molecule has 4 aromatic rings. The molecule has 0 saturated carbocycles. The number of carbonyl (C=O) groups excluding carboxylic acids is 1. The number of fused-ring (bicyclic) bond motifs is 1. The minimum absolute atomic E-state index is 0.124. The fourth-order valence-electron chi connectivity index (χ4n) is 3.61. The summed E-state index contributed by atoms with van der Waals surface area (Å²) in [5, 5.41) is 0. The lowest BCUT2D eigenvalue weighted by Gasteiger charge is -2.20. The number of hydrogen-bond acceptors (Lipinski definition) is 5. The van der Waals surface area contributed by atoms with Crippen LogP contribution < -0.4 is 0 Å². The Balaban J connectivity index is 1.48. The topological polar surface area (TPSA) is 72.4 Å². The first-order chi connectivity index (χ1) is 13.3. The molecule has 0 bridgehead atoms. The molecule has 27 heavy (non-hydrogen) atoms.